The lowest BCUT2D eigenvalue weighted by atomic mass is 10.1. The number of likely N-dealkylation sites (N-methyl/N-ethyl adjacent to an activating group) is 1. The van der Waals surface area contributed by atoms with E-state index < -0.39 is 0 Å². The zero-order chi connectivity index (χ0) is 19.7. The number of thioether (sulfide) groups is 1. The molecule has 0 atom stereocenters. The number of benzene rings is 3. The van der Waals surface area contributed by atoms with E-state index in [4.69, 9.17) is 4.74 Å². The fraction of sp³-hybridized carbons (Fsp3) is 0.0909. The summed E-state index contributed by atoms with van der Waals surface area (Å²) in [7, 11) is 1.49. The van der Waals surface area contributed by atoms with Crippen LogP contribution in [-0.2, 0) is 11.4 Å². The molecule has 0 aliphatic carbocycles. The minimum Gasteiger partial charge on any atom is -0.488 e. The van der Waals surface area contributed by atoms with Gasteiger partial charge in [0.05, 0.1) is 8.48 Å². The van der Waals surface area contributed by atoms with E-state index in [1.165, 1.54) is 17.8 Å². The van der Waals surface area contributed by atoms with Crippen LogP contribution in [0.5, 0.6) is 5.75 Å². The second-order valence-electron chi connectivity index (χ2n) is 6.40. The lowest BCUT2D eigenvalue weighted by Crippen LogP contribution is -2.22. The number of nitrogens with zero attached hydrogens (tertiary/aromatic N) is 1. The summed E-state index contributed by atoms with van der Waals surface area (Å²) in [6, 6.07) is 20.3. The SMILES string of the molecule is CN1C(=O)S/C(=C\c2ccc(OCc3ccc4ccccc4c3)c(I)c2)C1=O. The number of amides is 2. The quantitative estimate of drug-likeness (QED) is 0.341. The van der Waals surface area contributed by atoms with Gasteiger partial charge in [0.25, 0.3) is 11.1 Å². The van der Waals surface area contributed by atoms with Gasteiger partial charge in [-0.3, -0.25) is 14.5 Å². The predicted molar refractivity (Wildman–Crippen MR) is 121 cm³/mol. The second kappa shape index (κ2) is 7.97. The molecule has 4 nitrogen and oxygen atoms in total. The van der Waals surface area contributed by atoms with E-state index >= 15 is 0 Å². The van der Waals surface area contributed by atoms with Crippen molar-refractivity contribution in [3.05, 3.63) is 80.3 Å². The molecule has 3 aromatic rings. The Hall–Kier alpha value is -2.32. The summed E-state index contributed by atoms with van der Waals surface area (Å²) in [5.74, 6) is 0.524. The number of carbonyl (C=O) groups excluding carboxylic acids is 2. The zero-order valence-corrected chi connectivity index (χ0v) is 18.0. The Morgan fingerprint density at radius 1 is 1.04 bits per heavy atom. The highest BCUT2D eigenvalue weighted by molar-refractivity contribution is 14.1. The molecule has 0 N–H and O–H groups in total. The summed E-state index contributed by atoms with van der Waals surface area (Å²) in [4.78, 5) is 25.2. The number of rotatable bonds is 4. The molecule has 0 radical (unpaired) electrons. The largest absolute Gasteiger partial charge is 0.488 e. The summed E-state index contributed by atoms with van der Waals surface area (Å²) in [5.41, 5.74) is 1.97. The first-order valence-corrected chi connectivity index (χ1v) is 10.5. The topological polar surface area (TPSA) is 46.6 Å². The molecule has 0 aromatic heterocycles. The van der Waals surface area contributed by atoms with Crippen molar-refractivity contribution in [2.45, 2.75) is 6.61 Å². The van der Waals surface area contributed by atoms with Gasteiger partial charge in [0.15, 0.2) is 0 Å². The van der Waals surface area contributed by atoms with Gasteiger partial charge in [-0.2, -0.15) is 0 Å². The molecule has 28 heavy (non-hydrogen) atoms. The molecule has 140 valence electrons. The van der Waals surface area contributed by atoms with E-state index in [0.29, 0.717) is 11.5 Å². The van der Waals surface area contributed by atoms with Crippen LogP contribution in [-0.4, -0.2) is 23.1 Å². The zero-order valence-electron chi connectivity index (χ0n) is 15.0. The summed E-state index contributed by atoms with van der Waals surface area (Å²) in [5, 5.41) is 2.15. The third-order valence-electron chi connectivity index (χ3n) is 4.45. The van der Waals surface area contributed by atoms with Crippen LogP contribution in [0.4, 0.5) is 4.79 Å². The van der Waals surface area contributed by atoms with Gasteiger partial charge in [0.1, 0.15) is 12.4 Å². The Kier molecular flexibility index (Phi) is 5.41. The average molecular weight is 501 g/mol. The molecule has 1 aliphatic heterocycles. The molecule has 6 heteroatoms. The number of halogens is 1. The van der Waals surface area contributed by atoms with Gasteiger partial charge in [-0.1, -0.05) is 42.5 Å². The molecule has 1 aliphatic rings. The second-order valence-corrected chi connectivity index (χ2v) is 8.56. The third kappa shape index (κ3) is 3.93. The molecule has 1 heterocycles. The Labute approximate surface area is 180 Å². The van der Waals surface area contributed by atoms with Crippen molar-refractivity contribution in [2.24, 2.45) is 0 Å². The summed E-state index contributed by atoms with van der Waals surface area (Å²) in [6.07, 6.45) is 1.74. The van der Waals surface area contributed by atoms with Crippen LogP contribution in [0.25, 0.3) is 16.8 Å². The normalized spacial score (nSPS) is 15.6. The van der Waals surface area contributed by atoms with E-state index in [-0.39, 0.29) is 11.1 Å². The maximum absolute atomic E-state index is 12.0. The molecule has 0 saturated carbocycles. The van der Waals surface area contributed by atoms with Gasteiger partial charge in [-0.15, -0.1) is 0 Å². The van der Waals surface area contributed by atoms with Crippen LogP contribution >= 0.6 is 34.4 Å². The van der Waals surface area contributed by atoms with Crippen LogP contribution in [0.2, 0.25) is 0 Å². The summed E-state index contributed by atoms with van der Waals surface area (Å²) >= 11 is 3.18. The number of fused-ring (bicyclic) bond motifs is 1. The van der Waals surface area contributed by atoms with E-state index in [2.05, 4.69) is 52.9 Å². The molecule has 4 rings (SSSR count). The molecular formula is C22H16INO3S. The van der Waals surface area contributed by atoms with E-state index in [1.807, 2.05) is 30.3 Å². The maximum atomic E-state index is 12.0. The van der Waals surface area contributed by atoms with Crippen molar-refractivity contribution in [3.63, 3.8) is 0 Å². The van der Waals surface area contributed by atoms with Crippen molar-refractivity contribution in [3.8, 4) is 5.75 Å². The molecule has 1 fully saturated rings. The fourth-order valence-electron chi connectivity index (χ4n) is 2.91. The predicted octanol–water partition coefficient (Wildman–Crippen LogP) is 5.69. The number of carbonyl (C=O) groups is 2. The number of ether oxygens (including phenoxy) is 1. The fourth-order valence-corrected chi connectivity index (χ4v) is 4.43. The Balaban J connectivity index is 1.48. The summed E-state index contributed by atoms with van der Waals surface area (Å²) < 4.78 is 6.94. The first-order chi connectivity index (χ1) is 13.5. The first kappa shape index (κ1) is 19.0. The Bertz CT molecular complexity index is 1130. The monoisotopic (exact) mass is 501 g/mol. The Morgan fingerprint density at radius 3 is 2.54 bits per heavy atom. The number of imide groups is 1. The van der Waals surface area contributed by atoms with Gasteiger partial charge in [0.2, 0.25) is 0 Å². The molecule has 0 unspecified atom stereocenters. The Morgan fingerprint density at radius 2 is 1.82 bits per heavy atom. The molecule has 2 amide bonds. The first-order valence-electron chi connectivity index (χ1n) is 8.63. The van der Waals surface area contributed by atoms with Gasteiger partial charge in [-0.05, 0) is 80.5 Å². The summed E-state index contributed by atoms with van der Waals surface area (Å²) in [6.45, 7) is 0.481. The third-order valence-corrected chi connectivity index (χ3v) is 6.25. The number of hydrogen-bond acceptors (Lipinski definition) is 4. The van der Waals surface area contributed by atoms with Crippen molar-refractivity contribution in [1.29, 1.82) is 0 Å². The minimum absolute atomic E-state index is 0.249. The molecule has 0 bridgehead atoms. The van der Waals surface area contributed by atoms with E-state index in [9.17, 15) is 9.59 Å². The van der Waals surface area contributed by atoms with Crippen LogP contribution in [0.15, 0.2) is 65.6 Å². The van der Waals surface area contributed by atoms with Gasteiger partial charge in [0, 0.05) is 7.05 Å². The number of hydrogen-bond donors (Lipinski definition) is 0. The standard InChI is InChI=1S/C22H16INO3S/c1-24-21(25)20(28-22(24)26)12-14-7-9-19(18(23)11-14)27-13-15-6-8-16-4-2-3-5-17(16)10-15/h2-12H,13H2,1H3/b20-12-. The highest BCUT2D eigenvalue weighted by Gasteiger charge is 2.31. The lowest BCUT2D eigenvalue weighted by molar-refractivity contribution is -0.121. The van der Waals surface area contributed by atoms with E-state index in [1.54, 1.807) is 6.08 Å². The van der Waals surface area contributed by atoms with Gasteiger partial charge in [-0.25, -0.2) is 0 Å². The van der Waals surface area contributed by atoms with Crippen LogP contribution < -0.4 is 4.74 Å². The van der Waals surface area contributed by atoms with Crippen LogP contribution in [0.1, 0.15) is 11.1 Å². The minimum atomic E-state index is -0.262. The highest BCUT2D eigenvalue weighted by Crippen LogP contribution is 2.32. The molecule has 1 saturated heterocycles. The van der Waals surface area contributed by atoms with Crippen LogP contribution in [0, 0.1) is 3.57 Å². The smallest absolute Gasteiger partial charge is 0.293 e. The van der Waals surface area contributed by atoms with Crippen LogP contribution in [0.3, 0.4) is 0 Å². The molecular weight excluding hydrogens is 485 g/mol. The van der Waals surface area contributed by atoms with Crippen molar-refractivity contribution in [2.75, 3.05) is 7.05 Å². The van der Waals surface area contributed by atoms with Gasteiger partial charge >= 0.3 is 0 Å². The van der Waals surface area contributed by atoms with Crippen molar-refractivity contribution >= 4 is 62.3 Å². The molecule has 3 aromatic carbocycles. The molecule has 0 spiro atoms. The lowest BCUT2D eigenvalue weighted by Gasteiger charge is -2.10. The van der Waals surface area contributed by atoms with Crippen molar-refractivity contribution < 1.29 is 14.3 Å². The van der Waals surface area contributed by atoms with Gasteiger partial charge < -0.3 is 4.74 Å². The maximum Gasteiger partial charge on any atom is 0.293 e. The average Bonchev–Trinajstić information content (AvgIpc) is 2.94. The van der Waals surface area contributed by atoms with E-state index in [0.717, 1.165) is 37.1 Å². The van der Waals surface area contributed by atoms with Crippen molar-refractivity contribution in [1.82, 2.24) is 4.90 Å². The highest BCUT2D eigenvalue weighted by atomic mass is 127.